The second kappa shape index (κ2) is 6.92. The number of ether oxygens (including phenoxy) is 2. The quantitative estimate of drug-likeness (QED) is 0.429. The Hall–Kier alpha value is -3.30. The molecule has 2 aromatic heterocycles. The van der Waals surface area contributed by atoms with Crippen molar-refractivity contribution in [1.29, 1.82) is 0 Å². The van der Waals surface area contributed by atoms with Crippen LogP contribution < -0.4 is 9.47 Å². The highest BCUT2D eigenvalue weighted by atomic mass is 16.6. The molecule has 0 spiro atoms. The predicted molar refractivity (Wildman–Crippen MR) is 72.8 cm³/mol. The lowest BCUT2D eigenvalue weighted by molar-refractivity contribution is -0.395. The largest absolute Gasteiger partial charge is 0.474 e. The van der Waals surface area contributed by atoms with Crippen molar-refractivity contribution in [3.8, 4) is 11.8 Å². The Balaban J connectivity index is 1.97. The van der Waals surface area contributed by atoms with Crippen LogP contribution in [0.15, 0.2) is 36.7 Å². The molecule has 114 valence electrons. The first-order valence-electron chi connectivity index (χ1n) is 6.03. The molecule has 0 aliphatic rings. The minimum Gasteiger partial charge on any atom is -0.474 e. The maximum atomic E-state index is 10.9. The molecule has 0 radical (unpaired) electrons. The van der Waals surface area contributed by atoms with Gasteiger partial charge in [0.05, 0.1) is 9.85 Å². The zero-order valence-electron chi connectivity index (χ0n) is 11.1. The summed E-state index contributed by atoms with van der Waals surface area (Å²) >= 11 is 0. The van der Waals surface area contributed by atoms with Gasteiger partial charge in [0.2, 0.25) is 5.88 Å². The lowest BCUT2D eigenvalue weighted by Gasteiger charge is -2.07. The molecule has 22 heavy (non-hydrogen) atoms. The normalized spacial score (nSPS) is 10.0. The minimum atomic E-state index is -0.797. The summed E-state index contributed by atoms with van der Waals surface area (Å²) in [6.07, 6.45) is 2.45. The number of hydrogen-bond acceptors (Lipinski definition) is 8. The Morgan fingerprint density at radius 3 is 2.45 bits per heavy atom. The molecule has 0 saturated carbocycles. The smallest absolute Gasteiger partial charge is 0.337 e. The van der Waals surface area contributed by atoms with Gasteiger partial charge in [0, 0.05) is 12.3 Å². The topological polar surface area (TPSA) is 131 Å². The summed E-state index contributed by atoms with van der Waals surface area (Å²) < 4.78 is 10.4. The van der Waals surface area contributed by atoms with E-state index in [9.17, 15) is 20.2 Å². The molecule has 0 saturated heterocycles. The van der Waals surface area contributed by atoms with Crippen molar-refractivity contribution in [2.24, 2.45) is 0 Å². The van der Waals surface area contributed by atoms with E-state index in [0.717, 1.165) is 12.3 Å². The molecule has 0 unspecified atom stereocenters. The lowest BCUT2D eigenvalue weighted by atomic mass is 10.3. The number of hydrogen-bond donors (Lipinski definition) is 0. The molecule has 2 rings (SSSR count). The van der Waals surface area contributed by atoms with Crippen LogP contribution in [0.1, 0.15) is 0 Å². The lowest BCUT2D eigenvalue weighted by Crippen LogP contribution is -2.11. The summed E-state index contributed by atoms with van der Waals surface area (Å²) in [6, 6.07) is 5.91. The van der Waals surface area contributed by atoms with Crippen LogP contribution in [0.2, 0.25) is 0 Å². The van der Waals surface area contributed by atoms with Crippen molar-refractivity contribution in [1.82, 2.24) is 9.97 Å². The summed E-state index contributed by atoms with van der Waals surface area (Å²) in [5, 5.41) is 21.5. The van der Waals surface area contributed by atoms with E-state index >= 15 is 0 Å². The first kappa shape index (κ1) is 15.1. The molecule has 10 heteroatoms. The van der Waals surface area contributed by atoms with Gasteiger partial charge in [-0.15, -0.1) is 0 Å². The van der Waals surface area contributed by atoms with Crippen LogP contribution in [0.5, 0.6) is 11.8 Å². The van der Waals surface area contributed by atoms with E-state index in [2.05, 4.69) is 9.97 Å². The van der Waals surface area contributed by atoms with E-state index in [4.69, 9.17) is 9.47 Å². The van der Waals surface area contributed by atoms with Gasteiger partial charge in [-0.25, -0.2) is 9.97 Å². The van der Waals surface area contributed by atoms with Gasteiger partial charge in [-0.1, -0.05) is 6.07 Å². The maximum absolute atomic E-state index is 10.9. The van der Waals surface area contributed by atoms with Gasteiger partial charge in [-0.3, -0.25) is 20.2 Å². The highest BCUT2D eigenvalue weighted by Gasteiger charge is 2.22. The van der Waals surface area contributed by atoms with E-state index in [1.54, 1.807) is 24.4 Å². The Labute approximate surface area is 123 Å². The molecule has 0 fully saturated rings. The Kier molecular flexibility index (Phi) is 4.75. The van der Waals surface area contributed by atoms with Crippen molar-refractivity contribution in [2.45, 2.75) is 0 Å². The summed E-state index contributed by atoms with van der Waals surface area (Å²) in [5.41, 5.74) is -1.06. The molecule has 0 N–H and O–H groups in total. The zero-order chi connectivity index (χ0) is 15.9. The standard InChI is InChI=1S/C12H10N4O6/c17-15(18)9-7-10(16(19)20)12(14-8-9)22-6-5-21-11-3-1-2-4-13-11/h1-4,7-8H,5-6H2. The average Bonchev–Trinajstić information content (AvgIpc) is 2.52. The van der Waals surface area contributed by atoms with Crippen molar-refractivity contribution in [3.05, 3.63) is 56.9 Å². The summed E-state index contributed by atoms with van der Waals surface area (Å²) in [4.78, 5) is 27.4. The van der Waals surface area contributed by atoms with Crippen LogP contribution in [-0.4, -0.2) is 33.0 Å². The van der Waals surface area contributed by atoms with Crippen molar-refractivity contribution in [2.75, 3.05) is 13.2 Å². The van der Waals surface area contributed by atoms with Crippen molar-refractivity contribution >= 4 is 11.4 Å². The Morgan fingerprint density at radius 2 is 1.82 bits per heavy atom. The molecule has 2 heterocycles. The highest BCUT2D eigenvalue weighted by Crippen LogP contribution is 2.28. The fourth-order valence-corrected chi connectivity index (χ4v) is 1.49. The van der Waals surface area contributed by atoms with Gasteiger partial charge in [0.1, 0.15) is 25.5 Å². The first-order valence-corrected chi connectivity index (χ1v) is 6.03. The molecule has 0 amide bonds. The zero-order valence-corrected chi connectivity index (χ0v) is 11.1. The molecular formula is C12H10N4O6. The van der Waals surface area contributed by atoms with E-state index < -0.39 is 21.2 Å². The molecule has 0 aromatic carbocycles. The van der Waals surface area contributed by atoms with Gasteiger partial charge < -0.3 is 9.47 Å². The van der Waals surface area contributed by atoms with Crippen LogP contribution in [0.3, 0.4) is 0 Å². The van der Waals surface area contributed by atoms with Gasteiger partial charge in [0.15, 0.2) is 0 Å². The molecule has 0 aliphatic heterocycles. The van der Waals surface area contributed by atoms with E-state index in [1.165, 1.54) is 0 Å². The third-order valence-electron chi connectivity index (χ3n) is 2.44. The number of nitro groups is 2. The monoisotopic (exact) mass is 306 g/mol. The number of rotatable bonds is 7. The Morgan fingerprint density at radius 1 is 1.05 bits per heavy atom. The van der Waals surface area contributed by atoms with Gasteiger partial charge in [-0.05, 0) is 6.07 Å². The fourth-order valence-electron chi connectivity index (χ4n) is 1.49. The van der Waals surface area contributed by atoms with Crippen molar-refractivity contribution in [3.63, 3.8) is 0 Å². The first-order chi connectivity index (χ1) is 10.6. The summed E-state index contributed by atoms with van der Waals surface area (Å²) in [7, 11) is 0. The van der Waals surface area contributed by atoms with Gasteiger partial charge >= 0.3 is 5.69 Å². The number of aromatic nitrogens is 2. The van der Waals surface area contributed by atoms with E-state index in [0.29, 0.717) is 5.88 Å². The van der Waals surface area contributed by atoms with Crippen LogP contribution in [0.4, 0.5) is 11.4 Å². The van der Waals surface area contributed by atoms with Crippen LogP contribution in [-0.2, 0) is 0 Å². The second-order valence-electron chi connectivity index (χ2n) is 3.90. The van der Waals surface area contributed by atoms with Crippen LogP contribution >= 0.6 is 0 Å². The molecule has 0 aliphatic carbocycles. The molecule has 10 nitrogen and oxygen atoms in total. The van der Waals surface area contributed by atoms with Crippen LogP contribution in [0, 0.1) is 20.2 Å². The molecule has 0 atom stereocenters. The number of nitrogens with zero attached hydrogens (tertiary/aromatic N) is 4. The summed E-state index contributed by atoms with van der Waals surface area (Å²) in [5.74, 6) is 0.0810. The SMILES string of the molecule is O=[N+]([O-])c1cnc(OCCOc2ccccn2)c([N+](=O)[O-])c1. The van der Waals surface area contributed by atoms with E-state index in [1.807, 2.05) is 0 Å². The minimum absolute atomic E-state index is 0.0256. The van der Waals surface area contributed by atoms with Gasteiger partial charge in [-0.2, -0.15) is 0 Å². The second-order valence-corrected chi connectivity index (χ2v) is 3.90. The van der Waals surface area contributed by atoms with Crippen molar-refractivity contribution < 1.29 is 19.3 Å². The molecule has 0 bridgehead atoms. The van der Waals surface area contributed by atoms with E-state index in [-0.39, 0.29) is 19.1 Å². The van der Waals surface area contributed by atoms with Gasteiger partial charge in [0.25, 0.3) is 11.6 Å². The third kappa shape index (κ3) is 3.85. The average molecular weight is 306 g/mol. The Bertz CT molecular complexity index is 679. The summed E-state index contributed by atoms with van der Waals surface area (Å²) in [6.45, 7) is 0.0645. The maximum Gasteiger partial charge on any atom is 0.337 e. The highest BCUT2D eigenvalue weighted by molar-refractivity contribution is 5.48. The fraction of sp³-hybridized carbons (Fsp3) is 0.167. The molecule has 2 aromatic rings. The van der Waals surface area contributed by atoms with Crippen LogP contribution in [0.25, 0.3) is 0 Å². The number of pyridine rings is 2. The third-order valence-corrected chi connectivity index (χ3v) is 2.44. The molecular weight excluding hydrogens is 296 g/mol. The predicted octanol–water partition coefficient (Wildman–Crippen LogP) is 1.75.